The average molecular weight is 405 g/mol. The summed E-state index contributed by atoms with van der Waals surface area (Å²) in [5, 5.41) is 4.62. The molecule has 0 amide bonds. The molecule has 2 aromatic heterocycles. The third-order valence-corrected chi connectivity index (χ3v) is 6.03. The van der Waals surface area contributed by atoms with Gasteiger partial charge in [0.05, 0.1) is 24.5 Å². The molecule has 3 heterocycles. The van der Waals surface area contributed by atoms with Gasteiger partial charge in [-0.15, -0.1) is 0 Å². The van der Waals surface area contributed by atoms with Crippen LogP contribution < -0.4 is 4.74 Å². The lowest BCUT2D eigenvalue weighted by molar-refractivity contribution is 0.243. The SMILES string of the molecule is CCn1cc(CN2CCCC2c2cc(Cc3cccc(OC)c3)cc(C)n2)c(C)n1. The van der Waals surface area contributed by atoms with Crippen molar-refractivity contribution >= 4 is 0 Å². The lowest BCUT2D eigenvalue weighted by Gasteiger charge is -2.24. The van der Waals surface area contributed by atoms with E-state index in [0.29, 0.717) is 6.04 Å². The molecule has 0 radical (unpaired) electrons. The van der Waals surface area contributed by atoms with Crippen molar-refractivity contribution < 1.29 is 4.74 Å². The first-order valence-electron chi connectivity index (χ1n) is 10.9. The van der Waals surface area contributed by atoms with Gasteiger partial charge in [-0.25, -0.2) is 0 Å². The van der Waals surface area contributed by atoms with Crippen molar-refractivity contribution in [1.29, 1.82) is 0 Å². The molecule has 1 aromatic carbocycles. The Bertz CT molecular complexity index is 1010. The van der Waals surface area contributed by atoms with Crippen LogP contribution in [0.4, 0.5) is 0 Å². The maximum Gasteiger partial charge on any atom is 0.119 e. The Balaban J connectivity index is 1.55. The molecule has 158 valence electrons. The minimum absolute atomic E-state index is 0.373. The number of pyridine rings is 1. The molecule has 3 aromatic rings. The summed E-state index contributed by atoms with van der Waals surface area (Å²) in [5.74, 6) is 0.906. The van der Waals surface area contributed by atoms with Crippen LogP contribution in [-0.4, -0.2) is 33.3 Å². The number of hydrogen-bond donors (Lipinski definition) is 0. The summed E-state index contributed by atoms with van der Waals surface area (Å²) in [7, 11) is 1.72. The van der Waals surface area contributed by atoms with Gasteiger partial charge in [0.25, 0.3) is 0 Å². The van der Waals surface area contributed by atoms with Crippen molar-refractivity contribution in [3.63, 3.8) is 0 Å². The van der Waals surface area contributed by atoms with Gasteiger partial charge in [0.2, 0.25) is 0 Å². The topological polar surface area (TPSA) is 43.2 Å². The molecular weight excluding hydrogens is 372 g/mol. The Labute approximate surface area is 179 Å². The molecule has 5 nitrogen and oxygen atoms in total. The molecular formula is C25H32N4O. The summed E-state index contributed by atoms with van der Waals surface area (Å²) in [5.41, 5.74) is 7.33. The molecule has 5 heteroatoms. The molecule has 1 unspecified atom stereocenters. The normalized spacial score (nSPS) is 16.9. The number of aryl methyl sites for hydroxylation is 3. The first kappa shape index (κ1) is 20.6. The number of aromatic nitrogens is 3. The summed E-state index contributed by atoms with van der Waals surface area (Å²) in [6.07, 6.45) is 5.47. The van der Waals surface area contributed by atoms with E-state index in [1.807, 2.05) is 10.7 Å². The van der Waals surface area contributed by atoms with Crippen molar-refractivity contribution in [3.05, 3.63) is 76.4 Å². The number of ether oxygens (including phenoxy) is 1. The van der Waals surface area contributed by atoms with Crippen molar-refractivity contribution in [3.8, 4) is 5.75 Å². The van der Waals surface area contributed by atoms with E-state index >= 15 is 0 Å². The van der Waals surface area contributed by atoms with E-state index in [1.54, 1.807) is 7.11 Å². The van der Waals surface area contributed by atoms with E-state index in [2.05, 4.69) is 67.3 Å². The van der Waals surface area contributed by atoms with Gasteiger partial charge in [-0.05, 0) is 82.0 Å². The van der Waals surface area contributed by atoms with Crippen molar-refractivity contribution in [2.45, 2.75) is 59.2 Å². The van der Waals surface area contributed by atoms with Gasteiger partial charge in [0.1, 0.15) is 5.75 Å². The first-order chi connectivity index (χ1) is 14.6. The molecule has 0 aliphatic carbocycles. The highest BCUT2D eigenvalue weighted by atomic mass is 16.5. The second-order valence-corrected chi connectivity index (χ2v) is 8.29. The van der Waals surface area contributed by atoms with Crippen LogP contribution in [0.15, 0.2) is 42.6 Å². The fourth-order valence-electron chi connectivity index (χ4n) is 4.50. The van der Waals surface area contributed by atoms with Crippen LogP contribution in [0.2, 0.25) is 0 Å². The molecule has 0 spiro atoms. The Kier molecular flexibility index (Phi) is 6.18. The number of benzene rings is 1. The number of hydrogen-bond acceptors (Lipinski definition) is 4. The number of likely N-dealkylation sites (tertiary alicyclic amines) is 1. The number of methoxy groups -OCH3 is 1. The summed E-state index contributed by atoms with van der Waals surface area (Å²) in [6, 6.07) is 13.2. The maximum absolute atomic E-state index is 5.39. The highest BCUT2D eigenvalue weighted by Crippen LogP contribution is 2.33. The minimum Gasteiger partial charge on any atom is -0.497 e. The fourth-order valence-corrected chi connectivity index (χ4v) is 4.50. The molecule has 0 saturated carbocycles. The largest absolute Gasteiger partial charge is 0.497 e. The maximum atomic E-state index is 5.39. The zero-order valence-electron chi connectivity index (χ0n) is 18.6. The standard InChI is InChI=1S/C25H32N4O/c1-5-29-17-22(19(3)27-29)16-28-11-7-10-25(28)24-15-21(12-18(2)26-24)13-20-8-6-9-23(14-20)30-4/h6,8-9,12,14-15,17,25H,5,7,10-11,13,16H2,1-4H3. The lowest BCUT2D eigenvalue weighted by Crippen LogP contribution is -2.24. The summed E-state index contributed by atoms with van der Waals surface area (Å²) in [4.78, 5) is 7.51. The van der Waals surface area contributed by atoms with Crippen LogP contribution in [0.25, 0.3) is 0 Å². The van der Waals surface area contributed by atoms with Crippen LogP contribution in [0, 0.1) is 13.8 Å². The van der Waals surface area contributed by atoms with E-state index in [4.69, 9.17) is 9.72 Å². The fraction of sp³-hybridized carbons (Fsp3) is 0.440. The van der Waals surface area contributed by atoms with Crippen molar-refractivity contribution in [1.82, 2.24) is 19.7 Å². The predicted molar refractivity (Wildman–Crippen MR) is 120 cm³/mol. The lowest BCUT2D eigenvalue weighted by atomic mass is 10.0. The van der Waals surface area contributed by atoms with Gasteiger partial charge >= 0.3 is 0 Å². The highest BCUT2D eigenvalue weighted by Gasteiger charge is 2.28. The van der Waals surface area contributed by atoms with Crippen LogP contribution in [0.5, 0.6) is 5.75 Å². The monoisotopic (exact) mass is 404 g/mol. The Hall–Kier alpha value is -2.66. The number of nitrogens with zero attached hydrogens (tertiary/aromatic N) is 4. The molecule has 0 bridgehead atoms. The van der Waals surface area contributed by atoms with Gasteiger partial charge < -0.3 is 4.74 Å². The molecule has 1 atom stereocenters. The van der Waals surface area contributed by atoms with Crippen LogP contribution >= 0.6 is 0 Å². The van der Waals surface area contributed by atoms with Gasteiger partial charge in [0, 0.05) is 30.5 Å². The van der Waals surface area contributed by atoms with Gasteiger partial charge in [-0.2, -0.15) is 5.10 Å². The third kappa shape index (κ3) is 4.57. The van der Waals surface area contributed by atoms with Crippen LogP contribution in [0.3, 0.4) is 0 Å². The number of rotatable bonds is 7. The Morgan fingerprint density at radius 2 is 2.00 bits per heavy atom. The average Bonchev–Trinajstić information content (AvgIpc) is 3.34. The van der Waals surface area contributed by atoms with Gasteiger partial charge in [0.15, 0.2) is 0 Å². The first-order valence-corrected chi connectivity index (χ1v) is 10.9. The van der Waals surface area contributed by atoms with Crippen LogP contribution in [0.1, 0.15) is 59.6 Å². The zero-order chi connectivity index (χ0) is 21.1. The van der Waals surface area contributed by atoms with Crippen molar-refractivity contribution in [2.75, 3.05) is 13.7 Å². The molecule has 1 fully saturated rings. The summed E-state index contributed by atoms with van der Waals surface area (Å²) in [6.45, 7) is 9.32. The molecule has 4 rings (SSSR count). The molecule has 1 aliphatic rings. The van der Waals surface area contributed by atoms with Crippen molar-refractivity contribution in [2.24, 2.45) is 0 Å². The van der Waals surface area contributed by atoms with E-state index in [0.717, 1.165) is 49.6 Å². The van der Waals surface area contributed by atoms with E-state index in [9.17, 15) is 0 Å². The van der Waals surface area contributed by atoms with Crippen LogP contribution in [-0.2, 0) is 19.5 Å². The van der Waals surface area contributed by atoms with Gasteiger partial charge in [-0.3, -0.25) is 14.6 Å². The Morgan fingerprint density at radius 1 is 1.13 bits per heavy atom. The second kappa shape index (κ2) is 9.00. The Morgan fingerprint density at radius 3 is 2.77 bits per heavy atom. The van der Waals surface area contributed by atoms with E-state index in [1.165, 1.54) is 28.8 Å². The zero-order valence-corrected chi connectivity index (χ0v) is 18.6. The predicted octanol–water partition coefficient (Wildman–Crippen LogP) is 4.85. The quantitative estimate of drug-likeness (QED) is 0.564. The summed E-state index contributed by atoms with van der Waals surface area (Å²) >= 11 is 0. The van der Waals surface area contributed by atoms with Gasteiger partial charge in [-0.1, -0.05) is 12.1 Å². The van der Waals surface area contributed by atoms with E-state index in [-0.39, 0.29) is 0 Å². The molecule has 30 heavy (non-hydrogen) atoms. The molecule has 1 saturated heterocycles. The molecule has 1 aliphatic heterocycles. The highest BCUT2D eigenvalue weighted by molar-refractivity contribution is 5.34. The molecule has 0 N–H and O–H groups in total. The van der Waals surface area contributed by atoms with E-state index < -0.39 is 0 Å². The summed E-state index contributed by atoms with van der Waals surface area (Å²) < 4.78 is 7.42. The second-order valence-electron chi connectivity index (χ2n) is 8.29. The smallest absolute Gasteiger partial charge is 0.119 e. The minimum atomic E-state index is 0.373. The third-order valence-electron chi connectivity index (χ3n) is 6.03.